The Labute approximate surface area is 98.7 Å². The zero-order valence-electron chi connectivity index (χ0n) is 9.65. The summed E-state index contributed by atoms with van der Waals surface area (Å²) in [5.74, 6) is -0.142. The number of pyridine rings is 1. The first kappa shape index (κ1) is 11.3. The van der Waals surface area contributed by atoms with E-state index >= 15 is 0 Å². The van der Waals surface area contributed by atoms with Gasteiger partial charge in [0.2, 0.25) is 5.91 Å². The number of carbonyl (C=O) groups excluding carboxylic acids is 2. The van der Waals surface area contributed by atoms with Crippen LogP contribution in [-0.4, -0.2) is 17.2 Å². The summed E-state index contributed by atoms with van der Waals surface area (Å²) in [7, 11) is 0. The Morgan fingerprint density at radius 1 is 1.35 bits per heavy atom. The molecule has 0 aliphatic rings. The van der Waals surface area contributed by atoms with Crippen LogP contribution in [0.3, 0.4) is 0 Å². The van der Waals surface area contributed by atoms with Gasteiger partial charge in [0, 0.05) is 29.3 Å². The lowest BCUT2D eigenvalue weighted by atomic mass is 10.1. The molecule has 17 heavy (non-hydrogen) atoms. The largest absolute Gasteiger partial charge is 0.326 e. The van der Waals surface area contributed by atoms with Crippen LogP contribution in [0, 0.1) is 6.92 Å². The summed E-state index contributed by atoms with van der Waals surface area (Å²) in [6.45, 7) is 3.28. The molecule has 0 unspecified atom stereocenters. The van der Waals surface area contributed by atoms with Gasteiger partial charge in [-0.15, -0.1) is 0 Å². The van der Waals surface area contributed by atoms with E-state index in [1.807, 2.05) is 6.92 Å². The maximum Gasteiger partial charge on any atom is 0.221 e. The number of benzene rings is 1. The number of nitrogens with one attached hydrogen (secondary N) is 1. The number of amides is 1. The number of nitrogens with zero attached hydrogens (tertiary/aromatic N) is 1. The number of rotatable bonds is 2. The zero-order valence-corrected chi connectivity index (χ0v) is 9.65. The standard InChI is InChI=1S/C13H12N2O2/c1-8-5-10(7-16)12-6-11(15-9(2)17)3-4-13(12)14-8/h3-7H,1-2H3,(H,15,17). The molecule has 1 amide bonds. The summed E-state index contributed by atoms with van der Waals surface area (Å²) in [6.07, 6.45) is 0.800. The summed E-state index contributed by atoms with van der Waals surface area (Å²) >= 11 is 0. The van der Waals surface area contributed by atoms with Gasteiger partial charge in [-0.2, -0.15) is 0 Å². The van der Waals surface area contributed by atoms with Crippen molar-refractivity contribution < 1.29 is 9.59 Å². The summed E-state index contributed by atoms with van der Waals surface area (Å²) < 4.78 is 0. The Kier molecular flexibility index (Phi) is 2.87. The Morgan fingerprint density at radius 2 is 2.12 bits per heavy atom. The van der Waals surface area contributed by atoms with Gasteiger partial charge in [-0.3, -0.25) is 14.6 Å². The first-order valence-electron chi connectivity index (χ1n) is 5.24. The average molecular weight is 228 g/mol. The topological polar surface area (TPSA) is 59.1 Å². The molecule has 2 rings (SSSR count). The molecule has 0 spiro atoms. The molecule has 0 fully saturated rings. The van der Waals surface area contributed by atoms with E-state index in [0.717, 1.165) is 22.9 Å². The summed E-state index contributed by atoms with van der Waals surface area (Å²) in [4.78, 5) is 26.3. The molecule has 1 heterocycles. The highest BCUT2D eigenvalue weighted by atomic mass is 16.1. The quantitative estimate of drug-likeness (QED) is 0.802. The molecule has 0 aliphatic carbocycles. The molecular weight excluding hydrogens is 216 g/mol. The SMILES string of the molecule is CC(=O)Nc1ccc2nc(C)cc(C=O)c2c1. The third kappa shape index (κ3) is 2.30. The summed E-state index contributed by atoms with van der Waals surface area (Å²) in [5.41, 5.74) is 2.80. The van der Waals surface area contributed by atoms with Crippen molar-refractivity contribution in [2.24, 2.45) is 0 Å². The van der Waals surface area contributed by atoms with Gasteiger partial charge in [0.15, 0.2) is 6.29 Å². The number of fused-ring (bicyclic) bond motifs is 1. The molecule has 0 saturated heterocycles. The first-order chi connectivity index (χ1) is 8.10. The number of hydrogen-bond acceptors (Lipinski definition) is 3. The fraction of sp³-hybridized carbons (Fsp3) is 0.154. The smallest absolute Gasteiger partial charge is 0.221 e. The maximum absolute atomic E-state index is 11.0. The van der Waals surface area contributed by atoms with Gasteiger partial charge in [0.25, 0.3) is 0 Å². The predicted octanol–water partition coefficient (Wildman–Crippen LogP) is 2.31. The highest BCUT2D eigenvalue weighted by Gasteiger charge is 2.05. The molecule has 0 aliphatic heterocycles. The molecule has 0 radical (unpaired) electrons. The molecule has 0 atom stereocenters. The van der Waals surface area contributed by atoms with Crippen LogP contribution in [0.15, 0.2) is 24.3 Å². The van der Waals surface area contributed by atoms with Gasteiger partial charge in [0.05, 0.1) is 5.52 Å². The van der Waals surface area contributed by atoms with E-state index in [2.05, 4.69) is 10.3 Å². The number of hydrogen-bond donors (Lipinski definition) is 1. The normalized spacial score (nSPS) is 10.2. The maximum atomic E-state index is 11.0. The molecule has 0 bridgehead atoms. The third-order valence-corrected chi connectivity index (χ3v) is 2.42. The summed E-state index contributed by atoms with van der Waals surface area (Å²) in [5, 5.41) is 3.43. The van der Waals surface area contributed by atoms with Crippen LogP contribution in [0.25, 0.3) is 10.9 Å². The molecule has 1 N–H and O–H groups in total. The van der Waals surface area contributed by atoms with Gasteiger partial charge >= 0.3 is 0 Å². The minimum absolute atomic E-state index is 0.142. The number of aryl methyl sites for hydroxylation is 1. The van der Waals surface area contributed by atoms with E-state index < -0.39 is 0 Å². The molecule has 1 aromatic heterocycles. The van der Waals surface area contributed by atoms with Crippen molar-refractivity contribution in [2.45, 2.75) is 13.8 Å². The molecule has 1 aromatic carbocycles. The minimum Gasteiger partial charge on any atom is -0.326 e. The van der Waals surface area contributed by atoms with Gasteiger partial charge in [0.1, 0.15) is 0 Å². The summed E-state index contributed by atoms with van der Waals surface area (Å²) in [6, 6.07) is 7.05. The highest BCUT2D eigenvalue weighted by Crippen LogP contribution is 2.21. The van der Waals surface area contributed by atoms with Crippen molar-refractivity contribution >= 4 is 28.8 Å². The van der Waals surface area contributed by atoms with Gasteiger partial charge in [-0.1, -0.05) is 0 Å². The van der Waals surface area contributed by atoms with E-state index in [9.17, 15) is 9.59 Å². The van der Waals surface area contributed by atoms with Crippen molar-refractivity contribution in [3.05, 3.63) is 35.5 Å². The van der Waals surface area contributed by atoms with Crippen LogP contribution in [-0.2, 0) is 4.79 Å². The number of aromatic nitrogens is 1. The number of anilines is 1. The van der Waals surface area contributed by atoms with Crippen LogP contribution in [0.5, 0.6) is 0 Å². The Bertz CT molecular complexity index is 606. The Balaban J connectivity index is 2.63. The second-order valence-electron chi connectivity index (χ2n) is 3.88. The van der Waals surface area contributed by atoms with Crippen molar-refractivity contribution in [1.29, 1.82) is 0 Å². The van der Waals surface area contributed by atoms with Crippen LogP contribution in [0.2, 0.25) is 0 Å². The molecule has 4 nitrogen and oxygen atoms in total. The van der Waals surface area contributed by atoms with Crippen molar-refractivity contribution in [1.82, 2.24) is 4.98 Å². The lowest BCUT2D eigenvalue weighted by molar-refractivity contribution is -0.114. The van der Waals surface area contributed by atoms with Crippen LogP contribution < -0.4 is 5.32 Å². The Morgan fingerprint density at radius 3 is 2.76 bits per heavy atom. The monoisotopic (exact) mass is 228 g/mol. The second-order valence-corrected chi connectivity index (χ2v) is 3.88. The second kappa shape index (κ2) is 4.33. The molecule has 86 valence electrons. The molecule has 4 heteroatoms. The lowest BCUT2D eigenvalue weighted by Crippen LogP contribution is -2.05. The molecular formula is C13H12N2O2. The van der Waals surface area contributed by atoms with Crippen molar-refractivity contribution in [3.8, 4) is 0 Å². The zero-order chi connectivity index (χ0) is 12.4. The van der Waals surface area contributed by atoms with E-state index in [4.69, 9.17) is 0 Å². The van der Waals surface area contributed by atoms with Crippen LogP contribution in [0.4, 0.5) is 5.69 Å². The number of carbonyl (C=O) groups is 2. The van der Waals surface area contributed by atoms with Crippen molar-refractivity contribution in [2.75, 3.05) is 5.32 Å². The number of aldehydes is 1. The van der Waals surface area contributed by atoms with Crippen molar-refractivity contribution in [3.63, 3.8) is 0 Å². The minimum atomic E-state index is -0.142. The lowest BCUT2D eigenvalue weighted by Gasteiger charge is -2.06. The van der Waals surface area contributed by atoms with Gasteiger partial charge < -0.3 is 5.32 Å². The van der Waals surface area contributed by atoms with Gasteiger partial charge in [-0.05, 0) is 31.2 Å². The highest BCUT2D eigenvalue weighted by molar-refractivity contribution is 5.99. The van der Waals surface area contributed by atoms with Gasteiger partial charge in [-0.25, -0.2) is 0 Å². The predicted molar refractivity (Wildman–Crippen MR) is 66.2 cm³/mol. The van der Waals surface area contributed by atoms with E-state index in [1.54, 1.807) is 24.3 Å². The van der Waals surface area contributed by atoms with Crippen LogP contribution in [0.1, 0.15) is 23.0 Å². The fourth-order valence-corrected chi connectivity index (χ4v) is 1.77. The van der Waals surface area contributed by atoms with E-state index in [-0.39, 0.29) is 5.91 Å². The average Bonchev–Trinajstić information content (AvgIpc) is 2.27. The van der Waals surface area contributed by atoms with E-state index in [1.165, 1.54) is 6.92 Å². The molecule has 0 saturated carbocycles. The first-order valence-corrected chi connectivity index (χ1v) is 5.24. The third-order valence-electron chi connectivity index (χ3n) is 2.42. The van der Waals surface area contributed by atoms with E-state index in [0.29, 0.717) is 11.3 Å². The van der Waals surface area contributed by atoms with Crippen LogP contribution >= 0.6 is 0 Å². The Hall–Kier alpha value is -2.23. The molecule has 2 aromatic rings. The fourth-order valence-electron chi connectivity index (χ4n) is 1.77.